The number of carbonyl (C=O) groups is 2. The van der Waals surface area contributed by atoms with Gasteiger partial charge in [-0.25, -0.2) is 4.79 Å². The summed E-state index contributed by atoms with van der Waals surface area (Å²) in [5, 5.41) is 12.0. The van der Waals surface area contributed by atoms with Gasteiger partial charge in [-0.05, 0) is 54.3 Å². The number of hydrogen-bond acceptors (Lipinski definition) is 4. The number of hydrogen-bond donors (Lipinski definition) is 1. The van der Waals surface area contributed by atoms with Gasteiger partial charge in [0.1, 0.15) is 11.6 Å². The first-order chi connectivity index (χ1) is 12.9. The van der Waals surface area contributed by atoms with Gasteiger partial charge in [0, 0.05) is 5.69 Å². The molecule has 0 aliphatic carbocycles. The predicted molar refractivity (Wildman–Crippen MR) is 105 cm³/mol. The van der Waals surface area contributed by atoms with Gasteiger partial charge >= 0.3 is 5.97 Å². The fourth-order valence-corrected chi connectivity index (χ4v) is 2.39. The lowest BCUT2D eigenvalue weighted by atomic mass is 10.0. The van der Waals surface area contributed by atoms with Crippen molar-refractivity contribution in [1.82, 2.24) is 0 Å². The molecule has 2 aromatic carbocycles. The molecule has 0 aliphatic heterocycles. The van der Waals surface area contributed by atoms with E-state index in [0.717, 1.165) is 5.56 Å². The summed E-state index contributed by atoms with van der Waals surface area (Å²) in [7, 11) is 0. The number of carbonyl (C=O) groups excluding carboxylic acids is 2. The van der Waals surface area contributed by atoms with Crippen molar-refractivity contribution >= 4 is 23.6 Å². The summed E-state index contributed by atoms with van der Waals surface area (Å²) >= 11 is 0. The molecule has 2 rings (SSSR count). The monoisotopic (exact) mass is 362 g/mol. The third-order valence-electron chi connectivity index (χ3n) is 3.93. The second kappa shape index (κ2) is 9.35. The zero-order chi connectivity index (χ0) is 19.8. The third-order valence-corrected chi connectivity index (χ3v) is 3.93. The fraction of sp³-hybridized carbons (Fsp3) is 0.227. The van der Waals surface area contributed by atoms with E-state index in [1.54, 1.807) is 37.3 Å². The van der Waals surface area contributed by atoms with E-state index in [-0.39, 0.29) is 5.57 Å². The van der Waals surface area contributed by atoms with Gasteiger partial charge in [0.05, 0.1) is 12.2 Å². The second-order valence-corrected chi connectivity index (χ2v) is 6.24. The number of nitriles is 1. The normalized spacial score (nSPS) is 11.0. The molecule has 1 amide bonds. The van der Waals surface area contributed by atoms with Crippen LogP contribution in [0, 0.1) is 11.3 Å². The number of esters is 1. The van der Waals surface area contributed by atoms with Gasteiger partial charge in [-0.2, -0.15) is 5.26 Å². The quantitative estimate of drug-likeness (QED) is 0.465. The lowest BCUT2D eigenvalue weighted by Crippen LogP contribution is -2.13. The molecule has 5 heteroatoms. The van der Waals surface area contributed by atoms with E-state index >= 15 is 0 Å². The molecule has 0 aliphatic rings. The lowest BCUT2D eigenvalue weighted by Gasteiger charge is -2.07. The van der Waals surface area contributed by atoms with Crippen molar-refractivity contribution in [1.29, 1.82) is 5.26 Å². The summed E-state index contributed by atoms with van der Waals surface area (Å²) in [6.07, 6.45) is 1.55. The first-order valence-corrected chi connectivity index (χ1v) is 8.75. The fourth-order valence-electron chi connectivity index (χ4n) is 2.39. The zero-order valence-corrected chi connectivity index (χ0v) is 15.7. The summed E-state index contributed by atoms with van der Waals surface area (Å²) in [6, 6.07) is 16.0. The van der Waals surface area contributed by atoms with Crippen molar-refractivity contribution in [3.63, 3.8) is 0 Å². The average molecular weight is 362 g/mol. The first-order valence-electron chi connectivity index (χ1n) is 8.75. The van der Waals surface area contributed by atoms with Crippen LogP contribution < -0.4 is 5.32 Å². The molecule has 138 valence electrons. The van der Waals surface area contributed by atoms with E-state index in [1.807, 2.05) is 30.3 Å². The Bertz CT molecular complexity index is 873. The van der Waals surface area contributed by atoms with Gasteiger partial charge in [0.25, 0.3) is 5.91 Å². The number of anilines is 1. The summed E-state index contributed by atoms with van der Waals surface area (Å²) in [6.45, 7) is 6.24. The van der Waals surface area contributed by atoms with Crippen LogP contribution in [0.2, 0.25) is 0 Å². The predicted octanol–water partition coefficient (Wildman–Crippen LogP) is 4.53. The SMILES string of the molecule is CCOC(=O)c1ccc(NC(=O)/C(C#N)=C/c2ccc(C(C)C)cc2)cc1. The summed E-state index contributed by atoms with van der Waals surface area (Å²) < 4.78 is 4.92. The van der Waals surface area contributed by atoms with E-state index in [2.05, 4.69) is 19.2 Å². The van der Waals surface area contributed by atoms with Crippen LogP contribution in [0.15, 0.2) is 54.1 Å². The van der Waals surface area contributed by atoms with Gasteiger partial charge in [0.15, 0.2) is 0 Å². The Hall–Kier alpha value is -3.39. The van der Waals surface area contributed by atoms with Gasteiger partial charge in [-0.1, -0.05) is 38.1 Å². The Kier molecular flexibility index (Phi) is 6.90. The number of rotatable bonds is 6. The Balaban J connectivity index is 2.10. The molecule has 0 saturated carbocycles. The Morgan fingerprint density at radius 1 is 1.11 bits per heavy atom. The summed E-state index contributed by atoms with van der Waals surface area (Å²) in [5.41, 5.74) is 2.86. The maximum atomic E-state index is 12.4. The van der Waals surface area contributed by atoms with Crippen molar-refractivity contribution in [2.24, 2.45) is 0 Å². The Morgan fingerprint density at radius 2 is 1.74 bits per heavy atom. The van der Waals surface area contributed by atoms with Crippen LogP contribution in [-0.2, 0) is 9.53 Å². The van der Waals surface area contributed by atoms with E-state index in [9.17, 15) is 14.9 Å². The molecule has 0 fully saturated rings. The first kappa shape index (κ1) is 19.9. The van der Waals surface area contributed by atoms with Crippen LogP contribution in [0.3, 0.4) is 0 Å². The molecule has 1 N–H and O–H groups in total. The largest absolute Gasteiger partial charge is 0.462 e. The van der Waals surface area contributed by atoms with Gasteiger partial charge in [-0.3, -0.25) is 4.79 Å². The summed E-state index contributed by atoms with van der Waals surface area (Å²) in [4.78, 5) is 24.0. The van der Waals surface area contributed by atoms with Gasteiger partial charge < -0.3 is 10.1 Å². The topological polar surface area (TPSA) is 79.2 Å². The molecule has 0 atom stereocenters. The molecule has 0 heterocycles. The van der Waals surface area contributed by atoms with Crippen molar-refractivity contribution < 1.29 is 14.3 Å². The highest BCUT2D eigenvalue weighted by molar-refractivity contribution is 6.09. The van der Waals surface area contributed by atoms with Crippen molar-refractivity contribution in [2.45, 2.75) is 26.7 Å². The molecular weight excluding hydrogens is 340 g/mol. The minimum absolute atomic E-state index is 0.00164. The number of nitrogens with zero attached hydrogens (tertiary/aromatic N) is 1. The minimum Gasteiger partial charge on any atom is -0.462 e. The van der Waals surface area contributed by atoms with Crippen molar-refractivity contribution in [2.75, 3.05) is 11.9 Å². The maximum Gasteiger partial charge on any atom is 0.338 e. The highest BCUT2D eigenvalue weighted by atomic mass is 16.5. The summed E-state index contributed by atoms with van der Waals surface area (Å²) in [5.74, 6) is -0.508. The van der Waals surface area contributed by atoms with Crippen molar-refractivity contribution in [3.8, 4) is 6.07 Å². The third kappa shape index (κ3) is 5.55. The van der Waals surface area contributed by atoms with E-state index in [1.165, 1.54) is 5.56 Å². The Labute approximate surface area is 159 Å². The van der Waals surface area contributed by atoms with E-state index in [4.69, 9.17) is 4.74 Å². The van der Waals surface area contributed by atoms with E-state index in [0.29, 0.717) is 23.8 Å². The van der Waals surface area contributed by atoms with E-state index < -0.39 is 11.9 Å². The lowest BCUT2D eigenvalue weighted by molar-refractivity contribution is -0.112. The minimum atomic E-state index is -0.505. The molecule has 27 heavy (non-hydrogen) atoms. The zero-order valence-electron chi connectivity index (χ0n) is 15.7. The average Bonchev–Trinajstić information content (AvgIpc) is 2.67. The highest BCUT2D eigenvalue weighted by Gasteiger charge is 2.11. The molecule has 0 bridgehead atoms. The molecule has 0 unspecified atom stereocenters. The molecule has 0 aromatic heterocycles. The molecule has 2 aromatic rings. The van der Waals surface area contributed by atoms with Crippen LogP contribution in [0.1, 0.15) is 48.2 Å². The van der Waals surface area contributed by atoms with Crippen LogP contribution in [-0.4, -0.2) is 18.5 Å². The van der Waals surface area contributed by atoms with Gasteiger partial charge in [0.2, 0.25) is 0 Å². The molecule has 0 spiro atoms. The van der Waals surface area contributed by atoms with Crippen LogP contribution in [0.4, 0.5) is 5.69 Å². The number of nitrogens with one attached hydrogen (secondary N) is 1. The molecule has 0 saturated heterocycles. The van der Waals surface area contributed by atoms with Crippen LogP contribution in [0.25, 0.3) is 6.08 Å². The number of benzene rings is 2. The van der Waals surface area contributed by atoms with Gasteiger partial charge in [-0.15, -0.1) is 0 Å². The standard InChI is InChI=1S/C22H22N2O3/c1-4-27-22(26)18-9-11-20(12-10-18)24-21(25)19(14-23)13-16-5-7-17(8-6-16)15(2)3/h5-13,15H,4H2,1-3H3,(H,24,25)/b19-13+. The maximum absolute atomic E-state index is 12.4. The van der Waals surface area contributed by atoms with Crippen molar-refractivity contribution in [3.05, 3.63) is 70.8 Å². The van der Waals surface area contributed by atoms with Crippen LogP contribution in [0.5, 0.6) is 0 Å². The number of amides is 1. The smallest absolute Gasteiger partial charge is 0.338 e. The van der Waals surface area contributed by atoms with Crippen LogP contribution >= 0.6 is 0 Å². The second-order valence-electron chi connectivity index (χ2n) is 6.24. The number of ether oxygens (including phenoxy) is 1. The highest BCUT2D eigenvalue weighted by Crippen LogP contribution is 2.17. The molecule has 0 radical (unpaired) electrons. The Morgan fingerprint density at radius 3 is 2.26 bits per heavy atom. The molecular formula is C22H22N2O3. The molecule has 5 nitrogen and oxygen atoms in total.